The molecular weight excluding hydrogens is 382 g/mol. The smallest absolute Gasteiger partial charge is 0.196 e. The molecule has 0 radical (unpaired) electrons. The molecule has 7 heteroatoms. The molecule has 1 unspecified atom stereocenters. The molecule has 1 atom stereocenters. The number of ether oxygens (including phenoxy) is 2. The van der Waals surface area contributed by atoms with Gasteiger partial charge in [0, 0.05) is 28.6 Å². The Labute approximate surface area is 167 Å². The summed E-state index contributed by atoms with van der Waals surface area (Å²) in [6.45, 7) is 0.854. The van der Waals surface area contributed by atoms with Crippen LogP contribution in [0.15, 0.2) is 53.7 Å². The van der Waals surface area contributed by atoms with Crippen LogP contribution >= 0.6 is 23.4 Å². The van der Waals surface area contributed by atoms with Gasteiger partial charge >= 0.3 is 0 Å². The summed E-state index contributed by atoms with van der Waals surface area (Å²) in [5, 5.41) is 10.5. The van der Waals surface area contributed by atoms with Crippen molar-refractivity contribution < 1.29 is 9.47 Å². The third-order valence-corrected chi connectivity index (χ3v) is 5.80. The van der Waals surface area contributed by atoms with Gasteiger partial charge in [0.05, 0.1) is 13.2 Å². The fourth-order valence-corrected chi connectivity index (χ4v) is 4.20. The molecule has 0 N–H and O–H groups in total. The number of thioether (sulfide) groups is 1. The van der Waals surface area contributed by atoms with Gasteiger partial charge < -0.3 is 9.47 Å². The molecule has 2 aromatic carbocycles. The van der Waals surface area contributed by atoms with Crippen LogP contribution < -0.4 is 4.74 Å². The molecule has 0 bridgehead atoms. The lowest BCUT2D eigenvalue weighted by Crippen LogP contribution is -2.09. The van der Waals surface area contributed by atoms with Gasteiger partial charge in [-0.25, -0.2) is 0 Å². The maximum absolute atomic E-state index is 6.04. The van der Waals surface area contributed by atoms with Gasteiger partial charge in [0.15, 0.2) is 11.0 Å². The van der Waals surface area contributed by atoms with E-state index < -0.39 is 0 Å². The standard InChI is InChI=1S/C20H20ClN3O2S/c1-25-17-10-8-16(9-11-17)24-19(14-4-6-15(21)7-5-14)22-23-20(24)27-13-18-3-2-12-26-18/h4-11,18H,2-3,12-13H2,1H3. The largest absolute Gasteiger partial charge is 0.497 e. The highest BCUT2D eigenvalue weighted by Gasteiger charge is 2.20. The number of rotatable bonds is 6. The fraction of sp³-hybridized carbons (Fsp3) is 0.300. The lowest BCUT2D eigenvalue weighted by molar-refractivity contribution is 0.129. The zero-order valence-corrected chi connectivity index (χ0v) is 16.5. The van der Waals surface area contributed by atoms with Crippen LogP contribution in [0.2, 0.25) is 5.02 Å². The number of nitrogens with zero attached hydrogens (tertiary/aromatic N) is 3. The Morgan fingerprint density at radius 3 is 2.59 bits per heavy atom. The molecule has 5 nitrogen and oxygen atoms in total. The summed E-state index contributed by atoms with van der Waals surface area (Å²) in [6.07, 6.45) is 2.52. The molecule has 0 saturated carbocycles. The second kappa shape index (κ2) is 8.33. The Bertz CT molecular complexity index is 891. The monoisotopic (exact) mass is 401 g/mol. The molecule has 4 rings (SSSR count). The van der Waals surface area contributed by atoms with Gasteiger partial charge in [0.2, 0.25) is 0 Å². The Kier molecular flexibility index (Phi) is 5.66. The van der Waals surface area contributed by atoms with Crippen molar-refractivity contribution in [2.24, 2.45) is 0 Å². The highest BCUT2D eigenvalue weighted by molar-refractivity contribution is 7.99. The van der Waals surface area contributed by atoms with E-state index in [0.29, 0.717) is 5.02 Å². The van der Waals surface area contributed by atoms with Gasteiger partial charge in [-0.2, -0.15) is 0 Å². The summed E-state index contributed by atoms with van der Waals surface area (Å²) in [7, 11) is 1.66. The molecule has 0 spiro atoms. The van der Waals surface area contributed by atoms with Crippen molar-refractivity contribution in [3.8, 4) is 22.8 Å². The fourth-order valence-electron chi connectivity index (χ4n) is 3.06. The normalized spacial score (nSPS) is 16.6. The van der Waals surface area contributed by atoms with Crippen molar-refractivity contribution in [1.82, 2.24) is 14.8 Å². The van der Waals surface area contributed by atoms with E-state index in [0.717, 1.165) is 53.2 Å². The molecule has 1 saturated heterocycles. The molecule has 140 valence electrons. The first-order valence-electron chi connectivity index (χ1n) is 8.85. The molecule has 2 heterocycles. The molecule has 0 aliphatic carbocycles. The Balaban J connectivity index is 1.70. The van der Waals surface area contributed by atoms with Gasteiger partial charge in [0.25, 0.3) is 0 Å². The van der Waals surface area contributed by atoms with Crippen LogP contribution in [0.1, 0.15) is 12.8 Å². The van der Waals surface area contributed by atoms with Crippen LogP contribution in [-0.4, -0.2) is 40.3 Å². The maximum Gasteiger partial charge on any atom is 0.196 e. The SMILES string of the molecule is COc1ccc(-n2c(SCC3CCCO3)nnc2-c2ccc(Cl)cc2)cc1. The number of methoxy groups -OCH3 is 1. The van der Waals surface area contributed by atoms with Crippen LogP contribution in [0.5, 0.6) is 5.75 Å². The Morgan fingerprint density at radius 2 is 1.93 bits per heavy atom. The first-order valence-corrected chi connectivity index (χ1v) is 10.2. The van der Waals surface area contributed by atoms with E-state index in [1.165, 1.54) is 0 Å². The van der Waals surface area contributed by atoms with Gasteiger partial charge in [-0.15, -0.1) is 10.2 Å². The molecule has 0 amide bonds. The summed E-state index contributed by atoms with van der Waals surface area (Å²) in [5.41, 5.74) is 1.95. The summed E-state index contributed by atoms with van der Waals surface area (Å²) >= 11 is 7.72. The third kappa shape index (κ3) is 4.13. The van der Waals surface area contributed by atoms with Crippen LogP contribution in [-0.2, 0) is 4.74 Å². The Hall–Kier alpha value is -2.02. The molecule has 1 aromatic heterocycles. The van der Waals surface area contributed by atoms with E-state index in [-0.39, 0.29) is 6.10 Å². The van der Waals surface area contributed by atoms with E-state index in [2.05, 4.69) is 14.8 Å². The molecule has 1 fully saturated rings. The number of benzene rings is 2. The van der Waals surface area contributed by atoms with Crippen LogP contribution in [0, 0.1) is 0 Å². The van der Waals surface area contributed by atoms with Crippen molar-refractivity contribution in [2.45, 2.75) is 24.1 Å². The van der Waals surface area contributed by atoms with Crippen molar-refractivity contribution in [1.29, 1.82) is 0 Å². The number of hydrogen-bond donors (Lipinski definition) is 0. The summed E-state index contributed by atoms with van der Waals surface area (Å²) in [4.78, 5) is 0. The highest BCUT2D eigenvalue weighted by atomic mass is 35.5. The zero-order valence-electron chi connectivity index (χ0n) is 15.0. The minimum atomic E-state index is 0.287. The lowest BCUT2D eigenvalue weighted by Gasteiger charge is -2.12. The predicted octanol–water partition coefficient (Wildman–Crippen LogP) is 4.87. The molecule has 1 aliphatic heterocycles. The van der Waals surface area contributed by atoms with Crippen molar-refractivity contribution in [2.75, 3.05) is 19.5 Å². The van der Waals surface area contributed by atoms with E-state index in [1.807, 2.05) is 48.5 Å². The lowest BCUT2D eigenvalue weighted by atomic mass is 10.2. The van der Waals surface area contributed by atoms with Crippen LogP contribution in [0.3, 0.4) is 0 Å². The summed E-state index contributed by atoms with van der Waals surface area (Å²) in [5.74, 6) is 2.47. The summed E-state index contributed by atoms with van der Waals surface area (Å²) in [6, 6.07) is 15.6. The quantitative estimate of drug-likeness (QED) is 0.551. The van der Waals surface area contributed by atoms with Gasteiger partial charge in [-0.3, -0.25) is 4.57 Å². The third-order valence-electron chi connectivity index (χ3n) is 4.49. The topological polar surface area (TPSA) is 49.2 Å². The molecule has 1 aliphatic rings. The predicted molar refractivity (Wildman–Crippen MR) is 108 cm³/mol. The van der Waals surface area contributed by atoms with Crippen LogP contribution in [0.4, 0.5) is 0 Å². The van der Waals surface area contributed by atoms with Gasteiger partial charge in [0.1, 0.15) is 5.75 Å². The minimum Gasteiger partial charge on any atom is -0.497 e. The van der Waals surface area contributed by atoms with E-state index in [1.54, 1.807) is 18.9 Å². The van der Waals surface area contributed by atoms with Crippen LogP contribution in [0.25, 0.3) is 17.1 Å². The van der Waals surface area contributed by atoms with Gasteiger partial charge in [-0.1, -0.05) is 23.4 Å². The van der Waals surface area contributed by atoms with E-state index in [4.69, 9.17) is 21.1 Å². The summed E-state index contributed by atoms with van der Waals surface area (Å²) < 4.78 is 13.1. The van der Waals surface area contributed by atoms with Gasteiger partial charge in [-0.05, 0) is 61.4 Å². The molecular formula is C20H20ClN3O2S. The average molecular weight is 402 g/mol. The second-order valence-corrected chi connectivity index (χ2v) is 7.72. The minimum absolute atomic E-state index is 0.287. The first kappa shape index (κ1) is 18.3. The first-order chi connectivity index (χ1) is 13.2. The molecule has 3 aromatic rings. The Morgan fingerprint density at radius 1 is 1.15 bits per heavy atom. The number of hydrogen-bond acceptors (Lipinski definition) is 5. The maximum atomic E-state index is 6.04. The number of aromatic nitrogens is 3. The van der Waals surface area contributed by atoms with E-state index >= 15 is 0 Å². The highest BCUT2D eigenvalue weighted by Crippen LogP contribution is 2.31. The average Bonchev–Trinajstić information content (AvgIpc) is 3.37. The zero-order chi connectivity index (χ0) is 18.6. The molecule has 27 heavy (non-hydrogen) atoms. The van der Waals surface area contributed by atoms with Crippen molar-refractivity contribution >= 4 is 23.4 Å². The second-order valence-electron chi connectivity index (χ2n) is 6.29. The van der Waals surface area contributed by atoms with Crippen molar-refractivity contribution in [3.63, 3.8) is 0 Å². The van der Waals surface area contributed by atoms with Crippen molar-refractivity contribution in [3.05, 3.63) is 53.6 Å². The number of halogens is 1. The van der Waals surface area contributed by atoms with E-state index in [9.17, 15) is 0 Å².